The summed E-state index contributed by atoms with van der Waals surface area (Å²) in [6.07, 6.45) is 1.50. The van der Waals surface area contributed by atoms with Gasteiger partial charge in [-0.25, -0.2) is 14.8 Å². The number of carbonyl (C=O) groups excluding carboxylic acids is 1. The number of nitrogens with zero attached hydrogens (tertiary/aromatic N) is 2. The molecule has 7 nitrogen and oxygen atoms in total. The van der Waals surface area contributed by atoms with Gasteiger partial charge in [-0.15, -0.1) is 0 Å². The summed E-state index contributed by atoms with van der Waals surface area (Å²) in [5.74, 6) is 1.22. The lowest BCUT2D eigenvalue weighted by molar-refractivity contribution is 0.259. The number of methoxy groups -OCH3 is 2. The first kappa shape index (κ1) is 16.8. The molecule has 3 rings (SSSR count). The van der Waals surface area contributed by atoms with Crippen molar-refractivity contribution in [3.8, 4) is 11.5 Å². The number of carbonyl (C=O) groups is 1. The van der Waals surface area contributed by atoms with Gasteiger partial charge in [-0.2, -0.15) is 0 Å². The summed E-state index contributed by atoms with van der Waals surface area (Å²) in [7, 11) is 3.16. The lowest BCUT2D eigenvalue weighted by atomic mass is 10.2. The molecule has 0 aliphatic heterocycles. The molecule has 2 aromatic carbocycles. The SMILES string of the molecule is COc1cc2ncnc(Sc3cccc(NC(N)=O)c3)c2cc1OC. The van der Waals surface area contributed by atoms with Crippen molar-refractivity contribution in [3.63, 3.8) is 0 Å². The number of nitrogens with two attached hydrogens (primary N) is 1. The zero-order valence-electron chi connectivity index (χ0n) is 13.6. The van der Waals surface area contributed by atoms with Gasteiger partial charge in [0.1, 0.15) is 11.4 Å². The molecule has 0 radical (unpaired) electrons. The Kier molecular flexibility index (Phi) is 4.90. The summed E-state index contributed by atoms with van der Waals surface area (Å²) in [4.78, 5) is 20.6. The normalized spacial score (nSPS) is 10.5. The number of primary amides is 1. The van der Waals surface area contributed by atoms with E-state index in [9.17, 15) is 4.79 Å². The van der Waals surface area contributed by atoms with Crippen LogP contribution in [0.25, 0.3) is 10.9 Å². The molecule has 0 fully saturated rings. The maximum atomic E-state index is 11.0. The third kappa shape index (κ3) is 3.74. The van der Waals surface area contributed by atoms with Crippen molar-refractivity contribution in [1.29, 1.82) is 0 Å². The first-order valence-corrected chi connectivity index (χ1v) is 8.13. The summed E-state index contributed by atoms with van der Waals surface area (Å²) in [6, 6.07) is 10.4. The van der Waals surface area contributed by atoms with Gasteiger partial charge in [0.25, 0.3) is 0 Å². The van der Waals surface area contributed by atoms with Crippen LogP contribution in [-0.4, -0.2) is 30.2 Å². The molecule has 0 atom stereocenters. The van der Waals surface area contributed by atoms with Gasteiger partial charge in [-0.1, -0.05) is 17.8 Å². The molecule has 0 aliphatic carbocycles. The van der Waals surface area contributed by atoms with E-state index in [2.05, 4.69) is 15.3 Å². The minimum absolute atomic E-state index is 0.605. The Morgan fingerprint density at radius 2 is 1.88 bits per heavy atom. The largest absolute Gasteiger partial charge is 0.493 e. The van der Waals surface area contributed by atoms with Crippen LogP contribution in [0.2, 0.25) is 0 Å². The van der Waals surface area contributed by atoms with E-state index in [0.29, 0.717) is 17.2 Å². The standard InChI is InChI=1S/C17H16N4O3S/c1-23-14-7-12-13(8-15(14)24-2)19-9-20-16(12)25-11-5-3-4-10(6-11)21-17(18)22/h3-9H,1-2H3,(H3,18,21,22). The zero-order valence-corrected chi connectivity index (χ0v) is 14.5. The molecule has 2 amide bonds. The van der Waals surface area contributed by atoms with Crippen molar-refractivity contribution in [1.82, 2.24) is 9.97 Å². The fraction of sp³-hybridized carbons (Fsp3) is 0.118. The molecule has 25 heavy (non-hydrogen) atoms. The highest BCUT2D eigenvalue weighted by Crippen LogP contribution is 2.37. The van der Waals surface area contributed by atoms with Gasteiger partial charge in [0, 0.05) is 22.0 Å². The number of anilines is 1. The third-order valence-corrected chi connectivity index (χ3v) is 4.43. The quantitative estimate of drug-likeness (QED) is 0.681. The zero-order chi connectivity index (χ0) is 17.8. The second-order valence-corrected chi connectivity index (χ2v) is 6.08. The van der Waals surface area contributed by atoms with Crippen LogP contribution >= 0.6 is 11.8 Å². The van der Waals surface area contributed by atoms with Crippen molar-refractivity contribution < 1.29 is 14.3 Å². The Morgan fingerprint density at radius 3 is 2.60 bits per heavy atom. The third-order valence-electron chi connectivity index (χ3n) is 3.42. The summed E-state index contributed by atoms with van der Waals surface area (Å²) in [5, 5.41) is 4.17. The van der Waals surface area contributed by atoms with Gasteiger partial charge in [0.2, 0.25) is 0 Å². The molecule has 0 bridgehead atoms. The summed E-state index contributed by atoms with van der Waals surface area (Å²) >= 11 is 1.45. The van der Waals surface area contributed by atoms with Gasteiger partial charge in [-0.3, -0.25) is 0 Å². The van der Waals surface area contributed by atoms with Crippen molar-refractivity contribution in [2.45, 2.75) is 9.92 Å². The molecule has 0 saturated carbocycles. The van der Waals surface area contributed by atoms with Gasteiger partial charge >= 0.3 is 6.03 Å². The number of hydrogen-bond acceptors (Lipinski definition) is 6. The molecule has 128 valence electrons. The van der Waals surface area contributed by atoms with E-state index in [4.69, 9.17) is 15.2 Å². The number of urea groups is 1. The van der Waals surface area contributed by atoms with Gasteiger partial charge < -0.3 is 20.5 Å². The van der Waals surface area contributed by atoms with Gasteiger partial charge in [0.15, 0.2) is 11.5 Å². The fourth-order valence-electron chi connectivity index (χ4n) is 2.33. The highest BCUT2D eigenvalue weighted by molar-refractivity contribution is 7.99. The predicted molar refractivity (Wildman–Crippen MR) is 96.4 cm³/mol. The number of fused-ring (bicyclic) bond motifs is 1. The monoisotopic (exact) mass is 356 g/mol. The van der Waals surface area contributed by atoms with Crippen molar-refractivity contribution in [2.75, 3.05) is 19.5 Å². The Bertz CT molecular complexity index is 933. The Labute approximate surface area is 148 Å². The van der Waals surface area contributed by atoms with E-state index in [-0.39, 0.29) is 0 Å². The minimum atomic E-state index is -0.605. The molecule has 1 aromatic heterocycles. The highest BCUT2D eigenvalue weighted by atomic mass is 32.2. The number of nitrogens with one attached hydrogen (secondary N) is 1. The summed E-state index contributed by atoms with van der Waals surface area (Å²) in [5.41, 5.74) is 6.53. The van der Waals surface area contributed by atoms with E-state index in [0.717, 1.165) is 20.8 Å². The lowest BCUT2D eigenvalue weighted by Gasteiger charge is -2.11. The Balaban J connectivity index is 2.00. The Hall–Kier alpha value is -3.00. The van der Waals surface area contributed by atoms with Crippen LogP contribution in [0.15, 0.2) is 52.6 Å². The number of hydrogen-bond donors (Lipinski definition) is 2. The van der Waals surface area contributed by atoms with Crippen LogP contribution in [0.4, 0.5) is 10.5 Å². The molecular formula is C17H16N4O3S. The van der Waals surface area contributed by atoms with Crippen molar-refractivity contribution in [2.24, 2.45) is 5.73 Å². The smallest absolute Gasteiger partial charge is 0.316 e. The van der Waals surface area contributed by atoms with Gasteiger partial charge in [0.05, 0.1) is 19.7 Å². The second-order valence-electron chi connectivity index (χ2n) is 5.02. The van der Waals surface area contributed by atoms with Crippen LogP contribution < -0.4 is 20.5 Å². The first-order valence-electron chi connectivity index (χ1n) is 7.32. The maximum Gasteiger partial charge on any atom is 0.316 e. The molecule has 0 aliphatic rings. The number of ether oxygens (including phenoxy) is 2. The summed E-state index contributed by atoms with van der Waals surface area (Å²) < 4.78 is 10.7. The van der Waals surface area contributed by atoms with Crippen LogP contribution in [0, 0.1) is 0 Å². The van der Waals surface area contributed by atoms with Gasteiger partial charge in [-0.05, 0) is 24.3 Å². The van der Waals surface area contributed by atoms with E-state index < -0.39 is 6.03 Å². The number of amides is 2. The molecule has 8 heteroatoms. The number of rotatable bonds is 5. The molecule has 3 N–H and O–H groups in total. The number of benzene rings is 2. The van der Waals surface area contributed by atoms with E-state index >= 15 is 0 Å². The van der Waals surface area contributed by atoms with Crippen LogP contribution in [-0.2, 0) is 0 Å². The molecule has 0 unspecified atom stereocenters. The van der Waals surface area contributed by atoms with Crippen LogP contribution in [0.1, 0.15) is 0 Å². The summed E-state index contributed by atoms with van der Waals surface area (Å²) in [6.45, 7) is 0. The molecule has 0 saturated heterocycles. The first-order chi connectivity index (χ1) is 12.1. The topological polar surface area (TPSA) is 99.4 Å². The second kappa shape index (κ2) is 7.27. The van der Waals surface area contributed by atoms with Crippen LogP contribution in [0.5, 0.6) is 11.5 Å². The highest BCUT2D eigenvalue weighted by Gasteiger charge is 2.12. The molecular weight excluding hydrogens is 340 g/mol. The minimum Gasteiger partial charge on any atom is -0.493 e. The average Bonchev–Trinajstić information content (AvgIpc) is 2.60. The molecule has 0 spiro atoms. The average molecular weight is 356 g/mol. The Morgan fingerprint density at radius 1 is 1.12 bits per heavy atom. The number of aromatic nitrogens is 2. The van der Waals surface area contributed by atoms with E-state index in [1.165, 1.54) is 18.1 Å². The fourth-order valence-corrected chi connectivity index (χ4v) is 3.26. The van der Waals surface area contributed by atoms with Crippen molar-refractivity contribution in [3.05, 3.63) is 42.7 Å². The van der Waals surface area contributed by atoms with Crippen molar-refractivity contribution >= 4 is 34.4 Å². The van der Waals surface area contributed by atoms with E-state index in [1.807, 2.05) is 30.3 Å². The molecule has 1 heterocycles. The maximum absolute atomic E-state index is 11.0. The predicted octanol–water partition coefficient (Wildman–Crippen LogP) is 3.29. The molecule has 3 aromatic rings. The lowest BCUT2D eigenvalue weighted by Crippen LogP contribution is -2.19. The van der Waals surface area contributed by atoms with Crippen LogP contribution in [0.3, 0.4) is 0 Å². The van der Waals surface area contributed by atoms with E-state index in [1.54, 1.807) is 20.3 Å².